The zero-order valence-electron chi connectivity index (χ0n) is 11.5. The number of methoxy groups -OCH3 is 1. The summed E-state index contributed by atoms with van der Waals surface area (Å²) in [6, 6.07) is 11.2. The van der Waals surface area contributed by atoms with Gasteiger partial charge in [0.15, 0.2) is 11.6 Å². The Morgan fingerprint density at radius 3 is 2.58 bits per heavy atom. The van der Waals surface area contributed by atoms with E-state index >= 15 is 0 Å². The van der Waals surface area contributed by atoms with Crippen molar-refractivity contribution < 1.29 is 9.13 Å². The van der Waals surface area contributed by atoms with E-state index in [0.717, 1.165) is 5.69 Å². The van der Waals surface area contributed by atoms with Gasteiger partial charge in [-0.3, -0.25) is 0 Å². The largest absolute Gasteiger partial charge is 0.494 e. The molecule has 3 heteroatoms. The van der Waals surface area contributed by atoms with Crippen LogP contribution in [0.4, 0.5) is 10.1 Å². The summed E-state index contributed by atoms with van der Waals surface area (Å²) in [6.45, 7) is 4.56. The summed E-state index contributed by atoms with van der Waals surface area (Å²) >= 11 is 0. The molecule has 0 saturated heterocycles. The molecular formula is C16H18FNO. The Morgan fingerprint density at radius 2 is 1.84 bits per heavy atom. The van der Waals surface area contributed by atoms with Gasteiger partial charge in [-0.25, -0.2) is 4.39 Å². The molecule has 1 N–H and O–H groups in total. The van der Waals surface area contributed by atoms with Gasteiger partial charge in [0, 0.05) is 17.8 Å². The first-order chi connectivity index (χ1) is 9.13. The molecule has 0 bridgehead atoms. The summed E-state index contributed by atoms with van der Waals surface area (Å²) in [5.74, 6) is -0.0249. The molecular weight excluding hydrogens is 241 g/mol. The summed E-state index contributed by atoms with van der Waals surface area (Å²) in [7, 11) is 1.47. The quantitative estimate of drug-likeness (QED) is 0.894. The van der Waals surface area contributed by atoms with Crippen LogP contribution < -0.4 is 10.1 Å². The van der Waals surface area contributed by atoms with Gasteiger partial charge in [0.2, 0.25) is 0 Å². The molecule has 0 radical (unpaired) electrons. The van der Waals surface area contributed by atoms with Crippen molar-refractivity contribution in [3.05, 3.63) is 58.9 Å². The lowest BCUT2D eigenvalue weighted by Gasteiger charge is -2.13. The molecule has 0 fully saturated rings. The molecule has 0 aliphatic heterocycles. The Hall–Kier alpha value is -2.03. The van der Waals surface area contributed by atoms with Crippen LogP contribution >= 0.6 is 0 Å². The summed E-state index contributed by atoms with van der Waals surface area (Å²) in [5, 5.41) is 3.27. The van der Waals surface area contributed by atoms with Gasteiger partial charge < -0.3 is 10.1 Å². The summed E-state index contributed by atoms with van der Waals surface area (Å²) in [6.07, 6.45) is 0. The highest BCUT2D eigenvalue weighted by atomic mass is 19.1. The van der Waals surface area contributed by atoms with E-state index in [-0.39, 0.29) is 11.6 Å². The van der Waals surface area contributed by atoms with Gasteiger partial charge in [-0.1, -0.05) is 24.3 Å². The average Bonchev–Trinajstić information content (AvgIpc) is 2.42. The Labute approximate surface area is 113 Å². The van der Waals surface area contributed by atoms with Crippen LogP contribution in [0.5, 0.6) is 5.75 Å². The van der Waals surface area contributed by atoms with Crippen LogP contribution in [0.15, 0.2) is 36.4 Å². The van der Waals surface area contributed by atoms with Gasteiger partial charge in [-0.05, 0) is 37.1 Å². The van der Waals surface area contributed by atoms with E-state index in [2.05, 4.69) is 25.2 Å². The first-order valence-corrected chi connectivity index (χ1v) is 6.25. The Morgan fingerprint density at radius 1 is 1.11 bits per heavy atom. The summed E-state index contributed by atoms with van der Waals surface area (Å²) in [5.41, 5.74) is 4.03. The predicted molar refractivity (Wildman–Crippen MR) is 76.2 cm³/mol. The fraction of sp³-hybridized carbons (Fsp3) is 0.250. The minimum absolute atomic E-state index is 0.278. The maximum atomic E-state index is 14.0. The first-order valence-electron chi connectivity index (χ1n) is 6.25. The number of anilines is 1. The number of benzene rings is 2. The number of halogens is 1. The third-order valence-electron chi connectivity index (χ3n) is 3.34. The molecule has 0 aliphatic carbocycles. The van der Waals surface area contributed by atoms with Crippen molar-refractivity contribution in [3.63, 3.8) is 0 Å². The van der Waals surface area contributed by atoms with Gasteiger partial charge in [-0.15, -0.1) is 0 Å². The van der Waals surface area contributed by atoms with Gasteiger partial charge in [-0.2, -0.15) is 0 Å². The van der Waals surface area contributed by atoms with E-state index in [1.165, 1.54) is 18.2 Å². The molecule has 0 atom stereocenters. The number of hydrogen-bond donors (Lipinski definition) is 1. The third-order valence-corrected chi connectivity index (χ3v) is 3.34. The van der Waals surface area contributed by atoms with Gasteiger partial charge in [0.1, 0.15) is 0 Å². The van der Waals surface area contributed by atoms with Crippen LogP contribution in [0.3, 0.4) is 0 Å². The second-order valence-corrected chi connectivity index (χ2v) is 4.53. The summed E-state index contributed by atoms with van der Waals surface area (Å²) < 4.78 is 19.0. The molecule has 0 unspecified atom stereocenters. The van der Waals surface area contributed by atoms with Gasteiger partial charge >= 0.3 is 0 Å². The van der Waals surface area contributed by atoms with Crippen molar-refractivity contribution in [1.82, 2.24) is 0 Å². The van der Waals surface area contributed by atoms with Crippen molar-refractivity contribution in [2.45, 2.75) is 20.4 Å². The van der Waals surface area contributed by atoms with Gasteiger partial charge in [0.25, 0.3) is 0 Å². The molecule has 0 spiro atoms. The highest BCUT2D eigenvalue weighted by Crippen LogP contribution is 2.22. The van der Waals surface area contributed by atoms with E-state index in [9.17, 15) is 4.39 Å². The van der Waals surface area contributed by atoms with Crippen LogP contribution in [-0.2, 0) is 6.54 Å². The SMILES string of the molecule is COc1cccc(CNc2cccc(C)c2C)c1F. The molecule has 0 aliphatic rings. The van der Waals surface area contributed by atoms with Gasteiger partial charge in [0.05, 0.1) is 7.11 Å². The molecule has 2 rings (SSSR count). The second-order valence-electron chi connectivity index (χ2n) is 4.53. The number of nitrogens with one attached hydrogen (secondary N) is 1. The number of rotatable bonds is 4. The summed E-state index contributed by atoms with van der Waals surface area (Å²) in [4.78, 5) is 0. The lowest BCUT2D eigenvalue weighted by Crippen LogP contribution is -2.04. The fourth-order valence-corrected chi connectivity index (χ4v) is 1.98. The maximum absolute atomic E-state index is 14.0. The van der Waals surface area contributed by atoms with Crippen LogP contribution in [0, 0.1) is 19.7 Å². The van der Waals surface area contributed by atoms with Crippen molar-refractivity contribution in [3.8, 4) is 5.75 Å². The molecule has 100 valence electrons. The van der Waals surface area contributed by atoms with E-state index in [0.29, 0.717) is 12.1 Å². The zero-order chi connectivity index (χ0) is 13.8. The molecule has 2 aromatic carbocycles. The zero-order valence-corrected chi connectivity index (χ0v) is 11.5. The smallest absolute Gasteiger partial charge is 0.170 e. The Bertz CT molecular complexity index is 581. The average molecular weight is 259 g/mol. The number of aryl methyl sites for hydroxylation is 1. The normalized spacial score (nSPS) is 10.3. The van der Waals surface area contributed by atoms with Crippen LogP contribution in [0.1, 0.15) is 16.7 Å². The minimum atomic E-state index is -0.303. The lowest BCUT2D eigenvalue weighted by molar-refractivity contribution is 0.384. The molecule has 0 heterocycles. The topological polar surface area (TPSA) is 21.3 Å². The predicted octanol–water partition coefficient (Wildman–Crippen LogP) is 4.06. The van der Waals surface area contributed by atoms with Crippen molar-refractivity contribution in [2.24, 2.45) is 0 Å². The fourth-order valence-electron chi connectivity index (χ4n) is 1.98. The second kappa shape index (κ2) is 5.74. The van der Waals surface area contributed by atoms with Crippen LogP contribution in [0.25, 0.3) is 0 Å². The minimum Gasteiger partial charge on any atom is -0.494 e. The van der Waals surface area contributed by atoms with Crippen LogP contribution in [0.2, 0.25) is 0 Å². The molecule has 0 aromatic heterocycles. The highest BCUT2D eigenvalue weighted by molar-refractivity contribution is 5.54. The molecule has 0 saturated carbocycles. The van der Waals surface area contributed by atoms with E-state index in [1.54, 1.807) is 18.2 Å². The molecule has 2 aromatic rings. The van der Waals surface area contributed by atoms with Crippen LogP contribution in [-0.4, -0.2) is 7.11 Å². The Balaban J connectivity index is 2.17. The maximum Gasteiger partial charge on any atom is 0.170 e. The van der Waals surface area contributed by atoms with E-state index < -0.39 is 0 Å². The van der Waals surface area contributed by atoms with E-state index in [4.69, 9.17) is 4.74 Å². The molecule has 19 heavy (non-hydrogen) atoms. The van der Waals surface area contributed by atoms with Crippen molar-refractivity contribution in [1.29, 1.82) is 0 Å². The highest BCUT2D eigenvalue weighted by Gasteiger charge is 2.08. The molecule has 2 nitrogen and oxygen atoms in total. The number of ether oxygens (including phenoxy) is 1. The third kappa shape index (κ3) is 2.87. The first kappa shape index (κ1) is 13.4. The lowest BCUT2D eigenvalue weighted by atomic mass is 10.1. The van der Waals surface area contributed by atoms with E-state index in [1.807, 2.05) is 12.1 Å². The Kier molecular flexibility index (Phi) is 4.05. The standard InChI is InChI=1S/C16H18FNO/c1-11-6-4-8-14(12(11)2)18-10-13-7-5-9-15(19-3)16(13)17/h4-9,18H,10H2,1-3H3. The number of hydrogen-bond acceptors (Lipinski definition) is 2. The monoisotopic (exact) mass is 259 g/mol. The van der Waals surface area contributed by atoms with Crippen molar-refractivity contribution >= 4 is 5.69 Å². The molecule has 0 amide bonds. The van der Waals surface area contributed by atoms with Crippen molar-refractivity contribution in [2.75, 3.05) is 12.4 Å².